The molecule has 0 aromatic carbocycles. The number of hydrogen-bond donors (Lipinski definition) is 2. The molecule has 0 aliphatic heterocycles. The molecule has 0 radical (unpaired) electrons. The number of hydrogen-bond acceptors (Lipinski definition) is 4. The first-order valence-electron chi connectivity index (χ1n) is 7.41. The van der Waals surface area contributed by atoms with E-state index in [2.05, 4.69) is 21.0 Å². The van der Waals surface area contributed by atoms with Gasteiger partial charge >= 0.3 is 0 Å². The number of nitrogens with one attached hydrogen (secondary N) is 2. The Bertz CT molecular complexity index is 612. The van der Waals surface area contributed by atoms with Gasteiger partial charge in [-0.2, -0.15) is 11.3 Å². The molecule has 0 aliphatic carbocycles. The summed E-state index contributed by atoms with van der Waals surface area (Å²) in [4.78, 5) is 17.8. The maximum atomic E-state index is 11.7. The van der Waals surface area contributed by atoms with E-state index < -0.39 is 0 Å². The van der Waals surface area contributed by atoms with Crippen LogP contribution in [0.2, 0.25) is 0 Å². The van der Waals surface area contributed by atoms with E-state index in [-0.39, 0.29) is 36.4 Å². The normalized spacial score (nSPS) is 10.8. The van der Waals surface area contributed by atoms with Crippen molar-refractivity contribution in [3.05, 3.63) is 46.5 Å². The number of rotatable bonds is 7. The first-order chi connectivity index (χ1) is 11.1. The molecular weight excluding hydrogens is 439 g/mol. The summed E-state index contributed by atoms with van der Waals surface area (Å²) in [6, 6.07) is 5.85. The van der Waals surface area contributed by atoms with Crippen molar-refractivity contribution in [2.45, 2.75) is 13.0 Å². The van der Waals surface area contributed by atoms with Crippen molar-refractivity contribution in [2.75, 3.05) is 27.2 Å². The lowest BCUT2D eigenvalue weighted by Crippen LogP contribution is -2.43. The highest BCUT2D eigenvalue weighted by molar-refractivity contribution is 14.0. The van der Waals surface area contributed by atoms with Crippen LogP contribution in [0, 0.1) is 0 Å². The molecule has 0 saturated carbocycles. The van der Waals surface area contributed by atoms with Crippen LogP contribution >= 0.6 is 35.3 Å². The molecule has 0 unspecified atom stereocenters. The molecule has 2 N–H and O–H groups in total. The molecule has 6 nitrogen and oxygen atoms in total. The van der Waals surface area contributed by atoms with Gasteiger partial charge in [-0.1, -0.05) is 0 Å². The van der Waals surface area contributed by atoms with Crippen LogP contribution in [0.5, 0.6) is 0 Å². The highest BCUT2D eigenvalue weighted by Gasteiger charge is 2.06. The molecule has 0 atom stereocenters. The van der Waals surface area contributed by atoms with Crippen LogP contribution in [0.25, 0.3) is 0 Å². The third kappa shape index (κ3) is 7.35. The highest BCUT2D eigenvalue weighted by atomic mass is 127. The molecule has 8 heteroatoms. The Morgan fingerprint density at radius 3 is 2.79 bits per heavy atom. The smallest absolute Gasteiger partial charge is 0.241 e. The number of aliphatic imine (C=N–C) groups is 1. The Balaban J connectivity index is 0.00000288. The number of guanidine groups is 1. The Morgan fingerprint density at radius 1 is 1.33 bits per heavy atom. The fourth-order valence-electron chi connectivity index (χ4n) is 1.80. The number of nitrogens with zero attached hydrogens (tertiary/aromatic N) is 2. The third-order valence-corrected chi connectivity index (χ3v) is 3.88. The lowest BCUT2D eigenvalue weighted by molar-refractivity contribution is -0.127. The Kier molecular flexibility index (Phi) is 9.46. The van der Waals surface area contributed by atoms with Gasteiger partial charge in [0.25, 0.3) is 0 Å². The van der Waals surface area contributed by atoms with Gasteiger partial charge in [0.15, 0.2) is 5.96 Å². The standard InChI is InChI=1S/C16H22N4O2S.HI/c1-20(2)15(21)11-19-16(18-10-13-6-9-23-12-13)17-7-5-14-4-3-8-22-14;/h3-4,6,8-9,12H,5,7,10-11H2,1-2H3,(H2,17,18,19);1H. The maximum absolute atomic E-state index is 11.7. The molecule has 132 valence electrons. The van der Waals surface area contributed by atoms with E-state index in [0.717, 1.165) is 17.7 Å². The van der Waals surface area contributed by atoms with Crippen molar-refractivity contribution in [1.82, 2.24) is 15.5 Å². The van der Waals surface area contributed by atoms with Crippen LogP contribution in [0.15, 0.2) is 44.6 Å². The quantitative estimate of drug-likeness (QED) is 0.377. The average molecular weight is 462 g/mol. The molecule has 0 spiro atoms. The van der Waals surface area contributed by atoms with Crippen molar-refractivity contribution in [1.29, 1.82) is 0 Å². The van der Waals surface area contributed by atoms with Gasteiger partial charge in [0.2, 0.25) is 5.91 Å². The predicted molar refractivity (Wildman–Crippen MR) is 108 cm³/mol. The van der Waals surface area contributed by atoms with Crippen LogP contribution in [0.1, 0.15) is 11.3 Å². The average Bonchev–Trinajstić information content (AvgIpc) is 3.22. The van der Waals surface area contributed by atoms with E-state index in [1.165, 1.54) is 0 Å². The molecule has 0 bridgehead atoms. The van der Waals surface area contributed by atoms with E-state index in [4.69, 9.17) is 4.42 Å². The lowest BCUT2D eigenvalue weighted by Gasteiger charge is -2.14. The topological polar surface area (TPSA) is 69.9 Å². The summed E-state index contributed by atoms with van der Waals surface area (Å²) in [5.74, 6) is 1.54. The molecule has 2 aromatic heterocycles. The molecular formula is C16H23IN4O2S. The van der Waals surface area contributed by atoms with E-state index in [1.807, 2.05) is 23.6 Å². The summed E-state index contributed by atoms with van der Waals surface area (Å²) in [7, 11) is 3.47. The number of amides is 1. The number of carbonyl (C=O) groups excluding carboxylic acids is 1. The summed E-state index contributed by atoms with van der Waals surface area (Å²) < 4.78 is 5.30. The zero-order valence-corrected chi connectivity index (χ0v) is 17.0. The number of thiophene rings is 1. The van der Waals surface area contributed by atoms with Crippen molar-refractivity contribution in [2.24, 2.45) is 4.99 Å². The molecule has 0 aliphatic rings. The predicted octanol–water partition coefficient (Wildman–Crippen LogP) is 2.33. The second-order valence-electron chi connectivity index (χ2n) is 5.19. The summed E-state index contributed by atoms with van der Waals surface area (Å²) >= 11 is 1.65. The summed E-state index contributed by atoms with van der Waals surface area (Å²) in [6.45, 7) is 1.47. The minimum Gasteiger partial charge on any atom is -0.469 e. The second-order valence-corrected chi connectivity index (χ2v) is 5.97. The van der Waals surface area contributed by atoms with Crippen molar-refractivity contribution < 1.29 is 9.21 Å². The molecule has 2 aromatic rings. The van der Waals surface area contributed by atoms with Gasteiger partial charge in [-0.3, -0.25) is 4.79 Å². The second kappa shape index (κ2) is 11.1. The number of halogens is 1. The van der Waals surface area contributed by atoms with Crippen LogP contribution in [-0.2, 0) is 17.8 Å². The fraction of sp³-hybridized carbons (Fsp3) is 0.375. The third-order valence-electron chi connectivity index (χ3n) is 3.15. The van der Waals surface area contributed by atoms with E-state index in [1.54, 1.807) is 36.6 Å². The number of likely N-dealkylation sites (N-methyl/N-ethyl adjacent to an activating group) is 1. The van der Waals surface area contributed by atoms with Crippen molar-refractivity contribution in [3.8, 4) is 0 Å². The van der Waals surface area contributed by atoms with Gasteiger partial charge in [-0.15, -0.1) is 24.0 Å². The van der Waals surface area contributed by atoms with Crippen LogP contribution in [-0.4, -0.2) is 44.0 Å². The zero-order valence-electron chi connectivity index (χ0n) is 13.8. The van der Waals surface area contributed by atoms with Gasteiger partial charge in [-0.25, -0.2) is 4.99 Å². The minimum absolute atomic E-state index is 0. The number of carbonyl (C=O) groups is 1. The largest absolute Gasteiger partial charge is 0.469 e. The Labute approximate surface area is 163 Å². The molecule has 2 heterocycles. The van der Waals surface area contributed by atoms with Gasteiger partial charge in [0, 0.05) is 27.1 Å². The first-order valence-corrected chi connectivity index (χ1v) is 8.35. The van der Waals surface area contributed by atoms with Crippen LogP contribution < -0.4 is 10.6 Å². The Morgan fingerprint density at radius 2 is 2.17 bits per heavy atom. The van der Waals surface area contributed by atoms with Gasteiger partial charge in [0.1, 0.15) is 5.76 Å². The molecule has 2 rings (SSSR count). The zero-order chi connectivity index (χ0) is 16.5. The molecule has 1 amide bonds. The Hall–Kier alpha value is -1.55. The number of furan rings is 1. The van der Waals surface area contributed by atoms with E-state index in [9.17, 15) is 4.79 Å². The lowest BCUT2D eigenvalue weighted by atomic mass is 10.3. The first kappa shape index (κ1) is 20.5. The van der Waals surface area contributed by atoms with E-state index in [0.29, 0.717) is 19.0 Å². The van der Waals surface area contributed by atoms with Gasteiger partial charge < -0.3 is 20.0 Å². The van der Waals surface area contributed by atoms with E-state index >= 15 is 0 Å². The van der Waals surface area contributed by atoms with Crippen LogP contribution in [0.4, 0.5) is 0 Å². The van der Waals surface area contributed by atoms with Crippen molar-refractivity contribution >= 4 is 47.2 Å². The minimum atomic E-state index is 0. The molecule has 0 fully saturated rings. The highest BCUT2D eigenvalue weighted by Crippen LogP contribution is 2.06. The fourth-order valence-corrected chi connectivity index (χ4v) is 2.46. The summed E-state index contributed by atoms with van der Waals surface area (Å²) in [5.41, 5.74) is 1.15. The van der Waals surface area contributed by atoms with Gasteiger partial charge in [0.05, 0.1) is 19.4 Å². The van der Waals surface area contributed by atoms with Crippen LogP contribution in [0.3, 0.4) is 0 Å². The SMILES string of the molecule is CN(C)C(=O)CNC(=NCc1ccsc1)NCCc1ccco1.I. The van der Waals surface area contributed by atoms with Crippen molar-refractivity contribution in [3.63, 3.8) is 0 Å². The monoisotopic (exact) mass is 462 g/mol. The summed E-state index contributed by atoms with van der Waals surface area (Å²) in [5, 5.41) is 10.4. The molecule has 24 heavy (non-hydrogen) atoms. The molecule has 0 saturated heterocycles. The maximum Gasteiger partial charge on any atom is 0.241 e. The summed E-state index contributed by atoms with van der Waals surface area (Å²) in [6.07, 6.45) is 2.42. The van der Waals surface area contributed by atoms with Gasteiger partial charge in [-0.05, 0) is 34.5 Å².